The van der Waals surface area contributed by atoms with Crippen molar-refractivity contribution in [1.29, 1.82) is 0 Å². The second-order valence-corrected chi connectivity index (χ2v) is 4.74. The highest BCUT2D eigenvalue weighted by atomic mass is 16.5. The highest BCUT2D eigenvalue weighted by Crippen LogP contribution is 2.31. The zero-order valence-electron chi connectivity index (χ0n) is 11.1. The number of nitrogens with two attached hydrogens (primary N) is 1. The molecule has 4 heteroatoms. The van der Waals surface area contributed by atoms with E-state index in [4.69, 9.17) is 15.2 Å². The Morgan fingerprint density at radius 2 is 2.22 bits per heavy atom. The third-order valence-electron chi connectivity index (χ3n) is 3.54. The van der Waals surface area contributed by atoms with Gasteiger partial charge >= 0.3 is 0 Å². The Morgan fingerprint density at radius 3 is 2.83 bits per heavy atom. The molecule has 18 heavy (non-hydrogen) atoms. The van der Waals surface area contributed by atoms with E-state index in [0.717, 1.165) is 30.0 Å². The van der Waals surface area contributed by atoms with Crippen molar-refractivity contribution in [3.05, 3.63) is 23.8 Å². The van der Waals surface area contributed by atoms with Crippen LogP contribution in [-0.2, 0) is 0 Å². The summed E-state index contributed by atoms with van der Waals surface area (Å²) in [5.74, 6) is 1.65. The van der Waals surface area contributed by atoms with Crippen LogP contribution in [-0.4, -0.2) is 26.8 Å². The van der Waals surface area contributed by atoms with E-state index < -0.39 is 0 Å². The molecule has 1 heterocycles. The van der Waals surface area contributed by atoms with Crippen molar-refractivity contribution in [3.8, 4) is 11.5 Å². The molecule has 0 saturated carbocycles. The first kappa shape index (κ1) is 13.2. The molecule has 1 fully saturated rings. The van der Waals surface area contributed by atoms with E-state index >= 15 is 0 Å². The third kappa shape index (κ3) is 2.94. The van der Waals surface area contributed by atoms with E-state index in [1.807, 2.05) is 18.2 Å². The molecule has 2 unspecified atom stereocenters. The van der Waals surface area contributed by atoms with Crippen LogP contribution < -0.4 is 20.5 Å². The molecule has 0 aliphatic carbocycles. The van der Waals surface area contributed by atoms with Crippen molar-refractivity contribution in [2.45, 2.75) is 31.3 Å². The summed E-state index contributed by atoms with van der Waals surface area (Å²) in [6, 6.07) is 6.28. The number of rotatable bonds is 5. The monoisotopic (exact) mass is 250 g/mol. The van der Waals surface area contributed by atoms with Crippen LogP contribution in [0.15, 0.2) is 18.2 Å². The first-order chi connectivity index (χ1) is 8.74. The van der Waals surface area contributed by atoms with Gasteiger partial charge in [-0.15, -0.1) is 0 Å². The van der Waals surface area contributed by atoms with Crippen molar-refractivity contribution in [1.82, 2.24) is 5.32 Å². The molecule has 0 aromatic heterocycles. The standard InChI is InChI=1S/C14H22N2O2/c1-17-11-5-6-14(18-2)12(9-11)13(15)8-10-4-3-7-16-10/h5-6,9-10,13,16H,3-4,7-8,15H2,1-2H3. The summed E-state index contributed by atoms with van der Waals surface area (Å²) in [6.45, 7) is 1.10. The van der Waals surface area contributed by atoms with Crippen molar-refractivity contribution >= 4 is 0 Å². The van der Waals surface area contributed by atoms with Crippen LogP contribution in [0.1, 0.15) is 30.9 Å². The average molecular weight is 250 g/mol. The van der Waals surface area contributed by atoms with Crippen molar-refractivity contribution in [3.63, 3.8) is 0 Å². The lowest BCUT2D eigenvalue weighted by Crippen LogP contribution is -2.27. The van der Waals surface area contributed by atoms with Gasteiger partial charge in [0.25, 0.3) is 0 Å². The number of hydrogen-bond donors (Lipinski definition) is 2. The maximum atomic E-state index is 6.30. The summed E-state index contributed by atoms with van der Waals surface area (Å²) < 4.78 is 10.6. The fourth-order valence-electron chi connectivity index (χ4n) is 2.52. The minimum Gasteiger partial charge on any atom is -0.497 e. The Hall–Kier alpha value is -1.26. The summed E-state index contributed by atoms with van der Waals surface area (Å²) in [6.07, 6.45) is 3.39. The van der Waals surface area contributed by atoms with Crippen LogP contribution in [0.2, 0.25) is 0 Å². The molecular formula is C14H22N2O2. The smallest absolute Gasteiger partial charge is 0.123 e. The molecule has 1 aliphatic heterocycles. The molecule has 2 rings (SSSR count). The number of methoxy groups -OCH3 is 2. The Kier molecular flexibility index (Phi) is 4.44. The van der Waals surface area contributed by atoms with Gasteiger partial charge in [-0.1, -0.05) is 0 Å². The number of hydrogen-bond acceptors (Lipinski definition) is 4. The van der Waals surface area contributed by atoms with Gasteiger partial charge in [-0.25, -0.2) is 0 Å². The van der Waals surface area contributed by atoms with Gasteiger partial charge in [-0.05, 0) is 44.0 Å². The van der Waals surface area contributed by atoms with E-state index in [2.05, 4.69) is 5.32 Å². The number of benzene rings is 1. The number of nitrogens with one attached hydrogen (secondary N) is 1. The molecule has 1 aliphatic rings. The molecule has 3 N–H and O–H groups in total. The third-order valence-corrected chi connectivity index (χ3v) is 3.54. The van der Waals surface area contributed by atoms with Gasteiger partial charge < -0.3 is 20.5 Å². The Labute approximate surface area is 108 Å². The molecule has 1 aromatic carbocycles. The normalized spacial score (nSPS) is 20.7. The van der Waals surface area contributed by atoms with Crippen molar-refractivity contribution < 1.29 is 9.47 Å². The largest absolute Gasteiger partial charge is 0.497 e. The van der Waals surface area contributed by atoms with Gasteiger partial charge in [-0.2, -0.15) is 0 Å². The molecule has 1 aromatic rings. The fourth-order valence-corrected chi connectivity index (χ4v) is 2.52. The van der Waals surface area contributed by atoms with E-state index in [0.29, 0.717) is 6.04 Å². The fraction of sp³-hybridized carbons (Fsp3) is 0.571. The van der Waals surface area contributed by atoms with Gasteiger partial charge in [0.05, 0.1) is 14.2 Å². The van der Waals surface area contributed by atoms with Gasteiger partial charge in [0.2, 0.25) is 0 Å². The van der Waals surface area contributed by atoms with Crippen molar-refractivity contribution in [2.24, 2.45) is 5.73 Å². The van der Waals surface area contributed by atoms with E-state index in [-0.39, 0.29) is 6.04 Å². The highest BCUT2D eigenvalue weighted by Gasteiger charge is 2.20. The van der Waals surface area contributed by atoms with Crippen LogP contribution in [0, 0.1) is 0 Å². The summed E-state index contributed by atoms with van der Waals surface area (Å²) in [5, 5.41) is 3.47. The van der Waals surface area contributed by atoms with Crippen molar-refractivity contribution in [2.75, 3.05) is 20.8 Å². The van der Waals surface area contributed by atoms with Gasteiger partial charge in [0, 0.05) is 17.6 Å². The molecule has 0 radical (unpaired) electrons. The van der Waals surface area contributed by atoms with Crippen LogP contribution in [0.5, 0.6) is 11.5 Å². The summed E-state index contributed by atoms with van der Waals surface area (Å²) >= 11 is 0. The Bertz CT molecular complexity index is 389. The first-order valence-electron chi connectivity index (χ1n) is 6.45. The maximum absolute atomic E-state index is 6.30. The molecule has 4 nitrogen and oxygen atoms in total. The van der Waals surface area contributed by atoms with Crippen LogP contribution >= 0.6 is 0 Å². The molecule has 0 spiro atoms. The summed E-state index contributed by atoms with van der Waals surface area (Å²) in [7, 11) is 3.33. The zero-order valence-corrected chi connectivity index (χ0v) is 11.1. The molecule has 1 saturated heterocycles. The van der Waals surface area contributed by atoms with E-state index in [1.54, 1.807) is 14.2 Å². The first-order valence-corrected chi connectivity index (χ1v) is 6.45. The quantitative estimate of drug-likeness (QED) is 0.837. The molecule has 0 amide bonds. The zero-order chi connectivity index (χ0) is 13.0. The highest BCUT2D eigenvalue weighted by molar-refractivity contribution is 5.42. The molecule has 0 bridgehead atoms. The number of ether oxygens (including phenoxy) is 2. The van der Waals surface area contributed by atoms with Crippen LogP contribution in [0.25, 0.3) is 0 Å². The molecule has 100 valence electrons. The van der Waals surface area contributed by atoms with Crippen LogP contribution in [0.3, 0.4) is 0 Å². The lowest BCUT2D eigenvalue weighted by atomic mass is 9.98. The average Bonchev–Trinajstić information content (AvgIpc) is 2.90. The Morgan fingerprint density at radius 1 is 1.39 bits per heavy atom. The second-order valence-electron chi connectivity index (χ2n) is 4.74. The lowest BCUT2D eigenvalue weighted by molar-refractivity contribution is 0.390. The lowest BCUT2D eigenvalue weighted by Gasteiger charge is -2.20. The molecule has 2 atom stereocenters. The topological polar surface area (TPSA) is 56.5 Å². The summed E-state index contributed by atoms with van der Waals surface area (Å²) in [5.41, 5.74) is 7.32. The van der Waals surface area contributed by atoms with Gasteiger partial charge in [0.15, 0.2) is 0 Å². The predicted octanol–water partition coefficient (Wildman–Crippen LogP) is 1.85. The summed E-state index contributed by atoms with van der Waals surface area (Å²) in [4.78, 5) is 0. The predicted molar refractivity (Wildman–Crippen MR) is 72.1 cm³/mol. The van der Waals surface area contributed by atoms with E-state index in [9.17, 15) is 0 Å². The van der Waals surface area contributed by atoms with Gasteiger partial charge in [-0.3, -0.25) is 0 Å². The SMILES string of the molecule is COc1ccc(OC)c(C(N)CC2CCCN2)c1. The minimum absolute atomic E-state index is 0.0225. The maximum Gasteiger partial charge on any atom is 0.123 e. The second kappa shape index (κ2) is 6.07. The van der Waals surface area contributed by atoms with Gasteiger partial charge in [0.1, 0.15) is 11.5 Å². The minimum atomic E-state index is -0.0225. The van der Waals surface area contributed by atoms with Crippen LogP contribution in [0.4, 0.5) is 0 Å². The molecular weight excluding hydrogens is 228 g/mol. The van der Waals surface area contributed by atoms with E-state index in [1.165, 1.54) is 12.8 Å². The Balaban J connectivity index is 2.13.